The molecule has 0 radical (unpaired) electrons. The van der Waals surface area contributed by atoms with Crippen LogP contribution in [0.4, 0.5) is 0 Å². The van der Waals surface area contributed by atoms with Crippen molar-refractivity contribution in [1.29, 1.82) is 0 Å². The Morgan fingerprint density at radius 1 is 1.09 bits per heavy atom. The van der Waals surface area contributed by atoms with Crippen molar-refractivity contribution in [2.75, 3.05) is 12.3 Å². The van der Waals surface area contributed by atoms with E-state index >= 15 is 0 Å². The maximum Gasteiger partial charge on any atom is 0.283 e. The lowest BCUT2D eigenvalue weighted by molar-refractivity contribution is -0.129. The Bertz CT molecular complexity index is 1140. The van der Waals surface area contributed by atoms with E-state index in [4.69, 9.17) is 8.83 Å². The Morgan fingerprint density at radius 3 is 2.69 bits per heavy atom. The molecule has 0 N–H and O–H groups in total. The van der Waals surface area contributed by atoms with Gasteiger partial charge in [-0.3, -0.25) is 4.79 Å². The maximum absolute atomic E-state index is 13.0. The number of rotatable bonds is 10. The predicted molar refractivity (Wildman–Crippen MR) is 119 cm³/mol. The monoisotopic (exact) mass is 452 g/mol. The molecule has 0 fully saturated rings. The molecule has 9 nitrogen and oxygen atoms in total. The van der Waals surface area contributed by atoms with E-state index in [0.717, 1.165) is 17.8 Å². The van der Waals surface area contributed by atoms with Gasteiger partial charge in [-0.1, -0.05) is 49.0 Å². The van der Waals surface area contributed by atoms with E-state index in [1.165, 1.54) is 11.8 Å². The first-order valence-electron chi connectivity index (χ1n) is 10.3. The van der Waals surface area contributed by atoms with Crippen LogP contribution in [0, 0.1) is 6.92 Å². The molecule has 4 rings (SSSR count). The second-order valence-corrected chi connectivity index (χ2v) is 8.13. The molecular formula is C22H24N6O3S. The molecule has 0 spiro atoms. The summed E-state index contributed by atoms with van der Waals surface area (Å²) < 4.78 is 13.0. The van der Waals surface area contributed by atoms with Gasteiger partial charge in [0.2, 0.25) is 11.8 Å². The van der Waals surface area contributed by atoms with E-state index in [9.17, 15) is 4.79 Å². The van der Waals surface area contributed by atoms with E-state index in [0.29, 0.717) is 35.8 Å². The number of thioether (sulfide) groups is 1. The quantitative estimate of drug-likeness (QED) is 0.335. The van der Waals surface area contributed by atoms with Gasteiger partial charge < -0.3 is 18.3 Å². The number of aryl methyl sites for hydroxylation is 1. The third kappa shape index (κ3) is 5.25. The summed E-state index contributed by atoms with van der Waals surface area (Å²) in [5.74, 6) is 2.19. The molecule has 0 aliphatic carbocycles. The van der Waals surface area contributed by atoms with Crippen LogP contribution < -0.4 is 0 Å². The molecule has 4 aromatic rings. The molecule has 10 heteroatoms. The van der Waals surface area contributed by atoms with Crippen molar-refractivity contribution in [1.82, 2.24) is 29.9 Å². The minimum Gasteiger partial charge on any atom is -0.459 e. The number of nitrogens with zero attached hydrogens (tertiary/aromatic N) is 6. The van der Waals surface area contributed by atoms with Crippen LogP contribution in [0.1, 0.15) is 30.6 Å². The van der Waals surface area contributed by atoms with E-state index < -0.39 is 0 Å². The number of carbonyl (C=O) groups is 1. The van der Waals surface area contributed by atoms with Crippen molar-refractivity contribution < 1.29 is 13.6 Å². The van der Waals surface area contributed by atoms with Gasteiger partial charge in [-0.2, -0.15) is 0 Å². The summed E-state index contributed by atoms with van der Waals surface area (Å²) in [6, 6.07) is 13.6. The summed E-state index contributed by atoms with van der Waals surface area (Å²) in [6.07, 6.45) is 2.36. The molecule has 3 aromatic heterocycles. The zero-order valence-electron chi connectivity index (χ0n) is 18.0. The van der Waals surface area contributed by atoms with Crippen molar-refractivity contribution >= 4 is 17.7 Å². The van der Waals surface area contributed by atoms with E-state index in [1.807, 2.05) is 36.6 Å². The van der Waals surface area contributed by atoms with E-state index in [2.05, 4.69) is 32.5 Å². The van der Waals surface area contributed by atoms with E-state index in [1.54, 1.807) is 23.3 Å². The normalized spacial score (nSPS) is 11.1. The van der Waals surface area contributed by atoms with Gasteiger partial charge in [0, 0.05) is 6.54 Å². The average Bonchev–Trinajstić information content (AvgIpc) is 3.55. The molecule has 0 bridgehead atoms. The van der Waals surface area contributed by atoms with E-state index in [-0.39, 0.29) is 18.2 Å². The largest absolute Gasteiger partial charge is 0.459 e. The molecule has 1 amide bonds. The molecule has 1 aromatic carbocycles. The summed E-state index contributed by atoms with van der Waals surface area (Å²) in [5.41, 5.74) is 1.15. The van der Waals surface area contributed by atoms with Crippen molar-refractivity contribution in [3.63, 3.8) is 0 Å². The smallest absolute Gasteiger partial charge is 0.283 e. The fourth-order valence-corrected chi connectivity index (χ4v) is 4.06. The van der Waals surface area contributed by atoms with Crippen LogP contribution in [-0.2, 0) is 17.9 Å². The van der Waals surface area contributed by atoms with Gasteiger partial charge in [-0.05, 0) is 31.0 Å². The van der Waals surface area contributed by atoms with Gasteiger partial charge in [0.05, 0.1) is 25.1 Å². The SMILES string of the molecule is CCCN(Cc1nnc(-c2ccco2)o1)C(=O)CSc1nnc(C)n1Cc1ccccc1. The molecule has 32 heavy (non-hydrogen) atoms. The Kier molecular flexibility index (Phi) is 7.00. The standard InChI is InChI=1S/C22H24N6O3S/c1-3-11-27(14-19-24-25-21(31-19)18-10-7-12-30-18)20(29)15-32-22-26-23-16(2)28(22)13-17-8-5-4-6-9-17/h4-10,12H,3,11,13-15H2,1-2H3. The molecule has 166 valence electrons. The Morgan fingerprint density at radius 2 is 1.94 bits per heavy atom. The summed E-state index contributed by atoms with van der Waals surface area (Å²) in [6.45, 7) is 5.43. The highest BCUT2D eigenvalue weighted by atomic mass is 32.2. The minimum absolute atomic E-state index is 0.0264. The second kappa shape index (κ2) is 10.3. The lowest BCUT2D eigenvalue weighted by Crippen LogP contribution is -2.33. The summed E-state index contributed by atoms with van der Waals surface area (Å²) >= 11 is 1.38. The molecule has 3 heterocycles. The molecular weight excluding hydrogens is 428 g/mol. The first-order valence-corrected chi connectivity index (χ1v) is 11.3. The van der Waals surface area contributed by atoms with Gasteiger partial charge in [0.15, 0.2) is 10.9 Å². The van der Waals surface area contributed by atoms with Crippen LogP contribution in [0.15, 0.2) is 62.7 Å². The summed E-state index contributed by atoms with van der Waals surface area (Å²) in [7, 11) is 0. The van der Waals surface area contributed by atoms with Crippen LogP contribution in [0.3, 0.4) is 0 Å². The summed E-state index contributed by atoms with van der Waals surface area (Å²) in [5, 5.41) is 17.2. The van der Waals surface area contributed by atoms with Gasteiger partial charge in [0.1, 0.15) is 5.82 Å². The third-order valence-corrected chi connectivity index (χ3v) is 5.73. The lowest BCUT2D eigenvalue weighted by Gasteiger charge is -2.20. The van der Waals surface area contributed by atoms with Gasteiger partial charge in [-0.25, -0.2) is 0 Å². The van der Waals surface area contributed by atoms with Gasteiger partial charge >= 0.3 is 0 Å². The number of benzene rings is 1. The average molecular weight is 453 g/mol. The Balaban J connectivity index is 1.40. The van der Waals surface area contributed by atoms with Gasteiger partial charge in [-0.15, -0.1) is 20.4 Å². The minimum atomic E-state index is -0.0264. The highest BCUT2D eigenvalue weighted by Crippen LogP contribution is 2.21. The fraction of sp³-hybridized carbons (Fsp3) is 0.318. The number of aromatic nitrogens is 5. The molecule has 0 saturated carbocycles. The van der Waals surface area contributed by atoms with Crippen LogP contribution in [0.2, 0.25) is 0 Å². The molecule has 0 unspecified atom stereocenters. The molecule has 0 atom stereocenters. The second-order valence-electron chi connectivity index (χ2n) is 7.18. The Labute approximate surface area is 189 Å². The summed E-state index contributed by atoms with van der Waals surface area (Å²) in [4.78, 5) is 14.7. The number of hydrogen-bond donors (Lipinski definition) is 0. The topological polar surface area (TPSA) is 103 Å². The number of furan rings is 1. The van der Waals surface area contributed by atoms with Crippen molar-refractivity contribution in [2.24, 2.45) is 0 Å². The molecule has 0 aliphatic rings. The van der Waals surface area contributed by atoms with Crippen LogP contribution >= 0.6 is 11.8 Å². The highest BCUT2D eigenvalue weighted by Gasteiger charge is 2.20. The maximum atomic E-state index is 13.0. The first-order chi connectivity index (χ1) is 15.6. The van der Waals surface area contributed by atoms with Crippen molar-refractivity contribution in [2.45, 2.75) is 38.5 Å². The third-order valence-electron chi connectivity index (χ3n) is 4.78. The first kappa shape index (κ1) is 21.8. The number of amides is 1. The van der Waals surface area contributed by atoms with Crippen LogP contribution in [0.5, 0.6) is 0 Å². The fourth-order valence-electron chi connectivity index (χ4n) is 3.18. The zero-order valence-corrected chi connectivity index (χ0v) is 18.8. The van der Waals surface area contributed by atoms with Crippen molar-refractivity contribution in [3.05, 3.63) is 66.0 Å². The lowest BCUT2D eigenvalue weighted by atomic mass is 10.2. The Hall–Kier alpha value is -3.40. The molecule has 0 aliphatic heterocycles. The predicted octanol–water partition coefficient (Wildman–Crippen LogP) is 3.81. The van der Waals surface area contributed by atoms with Crippen molar-refractivity contribution in [3.8, 4) is 11.7 Å². The van der Waals surface area contributed by atoms with Gasteiger partial charge in [0.25, 0.3) is 5.89 Å². The highest BCUT2D eigenvalue weighted by molar-refractivity contribution is 7.99. The van der Waals surface area contributed by atoms with Crippen LogP contribution in [-0.4, -0.2) is 48.1 Å². The number of carbonyl (C=O) groups excluding carboxylic acids is 1. The van der Waals surface area contributed by atoms with Crippen LogP contribution in [0.25, 0.3) is 11.7 Å². The molecule has 0 saturated heterocycles. The zero-order chi connectivity index (χ0) is 22.3. The number of hydrogen-bond acceptors (Lipinski definition) is 8.